The molecule has 0 bridgehead atoms. The summed E-state index contributed by atoms with van der Waals surface area (Å²) in [5, 5.41) is 1.23. The Bertz CT molecular complexity index is 622. The molecule has 3 rings (SSSR count). The summed E-state index contributed by atoms with van der Waals surface area (Å²) in [5.74, 6) is 0.572. The summed E-state index contributed by atoms with van der Waals surface area (Å²) in [4.78, 5) is 7.37. The summed E-state index contributed by atoms with van der Waals surface area (Å²) in [7, 11) is 0. The van der Waals surface area contributed by atoms with Crippen LogP contribution in [0.2, 0.25) is 0 Å². The fraction of sp³-hybridized carbons (Fsp3) is 0.438. The molecule has 0 atom stereocenters. The minimum absolute atomic E-state index is 0.572. The molecule has 1 aromatic heterocycles. The van der Waals surface area contributed by atoms with Gasteiger partial charge >= 0.3 is 0 Å². The molecule has 0 saturated carbocycles. The molecule has 1 aromatic carbocycles. The van der Waals surface area contributed by atoms with Gasteiger partial charge in [-0.05, 0) is 30.2 Å². The van der Waals surface area contributed by atoms with E-state index < -0.39 is 0 Å². The van der Waals surface area contributed by atoms with Crippen molar-refractivity contribution in [2.75, 3.05) is 13.1 Å². The van der Waals surface area contributed by atoms with Crippen LogP contribution in [0.3, 0.4) is 0 Å². The van der Waals surface area contributed by atoms with Gasteiger partial charge in [0, 0.05) is 36.5 Å². The smallest absolute Gasteiger partial charge is 0.0737 e. The topological polar surface area (TPSA) is 16.1 Å². The molecule has 2 nitrogen and oxygen atoms in total. The maximum absolute atomic E-state index is 6.24. The van der Waals surface area contributed by atoms with Crippen molar-refractivity contribution in [2.45, 2.75) is 32.7 Å². The third kappa shape index (κ3) is 2.13. The lowest BCUT2D eigenvalue weighted by atomic mass is 9.95. The van der Waals surface area contributed by atoms with Crippen molar-refractivity contribution in [1.82, 2.24) is 9.88 Å². The summed E-state index contributed by atoms with van der Waals surface area (Å²) in [5.41, 5.74) is 6.26. The summed E-state index contributed by atoms with van der Waals surface area (Å²) in [6.07, 6.45) is 1.04. The normalized spacial score (nSPS) is 15.7. The molecule has 2 heterocycles. The van der Waals surface area contributed by atoms with Crippen molar-refractivity contribution in [3.8, 4) is 0 Å². The predicted molar refractivity (Wildman–Crippen MR) is 80.7 cm³/mol. The first-order valence-electron chi connectivity index (χ1n) is 6.92. The third-order valence-electron chi connectivity index (χ3n) is 4.15. The highest BCUT2D eigenvalue weighted by atomic mass is 35.5. The van der Waals surface area contributed by atoms with Crippen LogP contribution < -0.4 is 0 Å². The molecule has 0 saturated heterocycles. The van der Waals surface area contributed by atoms with Gasteiger partial charge in [-0.3, -0.25) is 9.88 Å². The standard InChI is InChI=1S/C16H19ClN2/c1-3-19-8-7-15-14(10-19)13(9-17)12-6-4-5-11(2)16(12)18-15/h4-6H,3,7-10H2,1-2H3. The molecule has 2 aromatic rings. The van der Waals surface area contributed by atoms with Crippen molar-refractivity contribution in [2.24, 2.45) is 0 Å². The van der Waals surface area contributed by atoms with Crippen LogP contribution in [-0.2, 0) is 18.8 Å². The van der Waals surface area contributed by atoms with Gasteiger partial charge in [0.1, 0.15) is 0 Å². The van der Waals surface area contributed by atoms with Gasteiger partial charge in [-0.2, -0.15) is 0 Å². The summed E-state index contributed by atoms with van der Waals surface area (Å²) in [6, 6.07) is 6.38. The molecule has 0 unspecified atom stereocenters. The SMILES string of the molecule is CCN1CCc2nc3c(C)cccc3c(CCl)c2C1. The number of rotatable bonds is 2. The molecular formula is C16H19ClN2. The molecule has 1 aliphatic heterocycles. The lowest BCUT2D eigenvalue weighted by Gasteiger charge is -2.29. The van der Waals surface area contributed by atoms with Gasteiger partial charge in [0.25, 0.3) is 0 Å². The lowest BCUT2D eigenvalue weighted by Crippen LogP contribution is -2.31. The monoisotopic (exact) mass is 274 g/mol. The van der Waals surface area contributed by atoms with Gasteiger partial charge in [-0.1, -0.05) is 25.1 Å². The Kier molecular flexibility index (Phi) is 3.46. The Balaban J connectivity index is 2.26. The largest absolute Gasteiger partial charge is 0.299 e. The Morgan fingerprint density at radius 1 is 1.37 bits per heavy atom. The van der Waals surface area contributed by atoms with Gasteiger partial charge in [-0.25, -0.2) is 0 Å². The number of benzene rings is 1. The molecule has 0 N–H and O–H groups in total. The number of aryl methyl sites for hydroxylation is 1. The number of aromatic nitrogens is 1. The minimum Gasteiger partial charge on any atom is -0.299 e. The van der Waals surface area contributed by atoms with Gasteiger partial charge in [0.15, 0.2) is 0 Å². The first kappa shape index (κ1) is 12.9. The summed E-state index contributed by atoms with van der Waals surface area (Å²) < 4.78 is 0. The maximum Gasteiger partial charge on any atom is 0.0737 e. The zero-order valence-corrected chi connectivity index (χ0v) is 12.3. The number of nitrogens with zero attached hydrogens (tertiary/aromatic N) is 2. The first-order valence-corrected chi connectivity index (χ1v) is 7.46. The lowest BCUT2D eigenvalue weighted by molar-refractivity contribution is 0.265. The van der Waals surface area contributed by atoms with E-state index in [0.29, 0.717) is 5.88 Å². The van der Waals surface area contributed by atoms with Crippen LogP contribution in [0.25, 0.3) is 10.9 Å². The van der Waals surface area contributed by atoms with Crippen LogP contribution in [0.1, 0.15) is 29.3 Å². The molecule has 1 aliphatic rings. The van der Waals surface area contributed by atoms with E-state index in [2.05, 4.69) is 36.9 Å². The zero-order valence-electron chi connectivity index (χ0n) is 11.5. The molecular weight excluding hydrogens is 256 g/mol. The number of para-hydroxylation sites is 1. The number of hydrogen-bond donors (Lipinski definition) is 0. The molecule has 100 valence electrons. The van der Waals surface area contributed by atoms with E-state index in [4.69, 9.17) is 16.6 Å². The highest BCUT2D eigenvalue weighted by Crippen LogP contribution is 2.30. The molecule has 0 aliphatic carbocycles. The quantitative estimate of drug-likeness (QED) is 0.777. The Morgan fingerprint density at radius 2 is 2.21 bits per heavy atom. The first-order chi connectivity index (χ1) is 9.24. The Morgan fingerprint density at radius 3 is 2.95 bits per heavy atom. The van der Waals surface area contributed by atoms with Gasteiger partial charge in [0.2, 0.25) is 0 Å². The fourth-order valence-corrected chi connectivity index (χ4v) is 3.28. The second-order valence-electron chi connectivity index (χ2n) is 5.24. The third-order valence-corrected chi connectivity index (χ3v) is 4.42. The Labute approximate surface area is 119 Å². The van der Waals surface area contributed by atoms with Gasteiger partial charge in [-0.15, -0.1) is 11.6 Å². The van der Waals surface area contributed by atoms with Crippen molar-refractivity contribution < 1.29 is 0 Å². The molecule has 0 spiro atoms. The van der Waals surface area contributed by atoms with E-state index in [1.807, 2.05) is 0 Å². The van der Waals surface area contributed by atoms with E-state index in [0.717, 1.165) is 31.6 Å². The predicted octanol–water partition coefficient (Wildman–Crippen LogP) is 3.66. The molecule has 19 heavy (non-hydrogen) atoms. The number of pyridine rings is 1. The summed E-state index contributed by atoms with van der Waals surface area (Å²) >= 11 is 6.24. The highest BCUT2D eigenvalue weighted by molar-refractivity contribution is 6.18. The maximum atomic E-state index is 6.24. The van der Waals surface area contributed by atoms with Crippen LogP contribution in [0.15, 0.2) is 18.2 Å². The average Bonchev–Trinajstić information content (AvgIpc) is 2.45. The van der Waals surface area contributed by atoms with Crippen LogP contribution in [-0.4, -0.2) is 23.0 Å². The van der Waals surface area contributed by atoms with Crippen molar-refractivity contribution in [3.05, 3.63) is 40.6 Å². The highest BCUT2D eigenvalue weighted by Gasteiger charge is 2.21. The Hall–Kier alpha value is -1.12. The fourth-order valence-electron chi connectivity index (χ4n) is 2.97. The number of halogens is 1. The number of fused-ring (bicyclic) bond motifs is 2. The van der Waals surface area contributed by atoms with Crippen molar-refractivity contribution in [3.63, 3.8) is 0 Å². The molecule has 0 amide bonds. The van der Waals surface area contributed by atoms with E-state index in [1.165, 1.54) is 27.8 Å². The van der Waals surface area contributed by atoms with Crippen molar-refractivity contribution in [1.29, 1.82) is 0 Å². The van der Waals surface area contributed by atoms with E-state index in [1.54, 1.807) is 0 Å². The van der Waals surface area contributed by atoms with Gasteiger partial charge in [0.05, 0.1) is 5.52 Å². The minimum atomic E-state index is 0.572. The van der Waals surface area contributed by atoms with Gasteiger partial charge < -0.3 is 0 Å². The number of hydrogen-bond acceptors (Lipinski definition) is 2. The second-order valence-corrected chi connectivity index (χ2v) is 5.51. The second kappa shape index (κ2) is 5.10. The molecule has 0 fully saturated rings. The average molecular weight is 275 g/mol. The molecule has 0 radical (unpaired) electrons. The number of alkyl halides is 1. The van der Waals surface area contributed by atoms with Crippen LogP contribution in [0, 0.1) is 6.92 Å². The zero-order chi connectivity index (χ0) is 13.4. The van der Waals surface area contributed by atoms with Crippen molar-refractivity contribution >= 4 is 22.5 Å². The summed E-state index contributed by atoms with van der Waals surface area (Å²) in [6.45, 7) is 7.53. The van der Waals surface area contributed by atoms with E-state index in [9.17, 15) is 0 Å². The van der Waals surface area contributed by atoms with E-state index in [-0.39, 0.29) is 0 Å². The van der Waals surface area contributed by atoms with Crippen LogP contribution in [0.4, 0.5) is 0 Å². The van der Waals surface area contributed by atoms with Crippen LogP contribution >= 0.6 is 11.6 Å². The number of likely N-dealkylation sites (N-methyl/N-ethyl adjacent to an activating group) is 1. The van der Waals surface area contributed by atoms with Crippen LogP contribution in [0.5, 0.6) is 0 Å². The van der Waals surface area contributed by atoms with E-state index >= 15 is 0 Å². The molecule has 3 heteroatoms.